The average Bonchev–Trinajstić information content (AvgIpc) is 3.29. The Morgan fingerprint density at radius 2 is 2.00 bits per heavy atom. The monoisotopic (exact) mass is 513 g/mol. The predicted molar refractivity (Wildman–Crippen MR) is 131 cm³/mol. The van der Waals surface area contributed by atoms with E-state index in [9.17, 15) is 10.2 Å². The van der Waals surface area contributed by atoms with E-state index in [4.69, 9.17) is 11.5 Å². The summed E-state index contributed by atoms with van der Waals surface area (Å²) in [5, 5.41) is 22.9. The van der Waals surface area contributed by atoms with E-state index in [1.165, 1.54) is 11.5 Å². The zero-order chi connectivity index (χ0) is 22.6. The first kappa shape index (κ1) is 21.5. The molecule has 7 nitrogen and oxygen atoms in total. The highest BCUT2D eigenvalue weighted by atomic mass is 79.9. The number of hydrogen-bond acceptors (Lipinski definition) is 8. The van der Waals surface area contributed by atoms with Crippen molar-refractivity contribution in [1.29, 1.82) is 0 Å². The zero-order valence-corrected chi connectivity index (χ0v) is 19.9. The van der Waals surface area contributed by atoms with Gasteiger partial charge in [0.1, 0.15) is 16.9 Å². The molecule has 0 radical (unpaired) electrons. The Kier molecular flexibility index (Phi) is 5.32. The van der Waals surface area contributed by atoms with Crippen molar-refractivity contribution in [2.24, 2.45) is 5.41 Å². The van der Waals surface area contributed by atoms with Crippen molar-refractivity contribution in [2.75, 3.05) is 11.5 Å². The van der Waals surface area contributed by atoms with Crippen LogP contribution in [-0.2, 0) is 6.42 Å². The molecule has 1 saturated carbocycles. The number of aromatic nitrogens is 3. The van der Waals surface area contributed by atoms with E-state index >= 15 is 0 Å². The fourth-order valence-electron chi connectivity index (χ4n) is 4.79. The van der Waals surface area contributed by atoms with Gasteiger partial charge in [-0.15, -0.1) is 0 Å². The van der Waals surface area contributed by atoms with Crippen LogP contribution in [0.4, 0.5) is 11.5 Å². The second kappa shape index (κ2) is 7.91. The van der Waals surface area contributed by atoms with Gasteiger partial charge in [0.15, 0.2) is 0 Å². The lowest BCUT2D eigenvalue weighted by Crippen LogP contribution is -2.34. The Morgan fingerprint density at radius 1 is 1.19 bits per heavy atom. The van der Waals surface area contributed by atoms with Crippen molar-refractivity contribution in [3.05, 3.63) is 51.4 Å². The minimum Gasteiger partial charge on any atom is -0.397 e. The summed E-state index contributed by atoms with van der Waals surface area (Å²) in [5.41, 5.74) is 15.5. The molecule has 1 aliphatic carbocycles. The van der Waals surface area contributed by atoms with Crippen LogP contribution in [-0.4, -0.2) is 36.8 Å². The number of aliphatic hydroxyl groups is 2. The van der Waals surface area contributed by atoms with Gasteiger partial charge in [-0.3, -0.25) is 4.98 Å². The Morgan fingerprint density at radius 3 is 2.81 bits per heavy atom. The van der Waals surface area contributed by atoms with Crippen LogP contribution in [0.5, 0.6) is 0 Å². The molecule has 0 spiro atoms. The molecule has 4 atom stereocenters. The first-order valence-corrected chi connectivity index (χ1v) is 12.0. The summed E-state index contributed by atoms with van der Waals surface area (Å²) in [5.74, 6) is 0.236. The second-order valence-electron chi connectivity index (χ2n) is 8.93. The number of fused-ring (bicyclic) bond motifs is 2. The fourth-order valence-corrected chi connectivity index (χ4v) is 6.10. The van der Waals surface area contributed by atoms with Crippen LogP contribution < -0.4 is 11.5 Å². The number of anilines is 2. The molecular formula is C23H24BrN5O2S. The Bertz CT molecular complexity index is 1330. The van der Waals surface area contributed by atoms with Gasteiger partial charge in [0.25, 0.3) is 0 Å². The van der Waals surface area contributed by atoms with Crippen LogP contribution in [0.25, 0.3) is 21.9 Å². The Labute approximate surface area is 197 Å². The minimum atomic E-state index is -0.873. The van der Waals surface area contributed by atoms with Crippen molar-refractivity contribution in [1.82, 2.24) is 14.3 Å². The molecule has 32 heavy (non-hydrogen) atoms. The Hall–Kier alpha value is -2.33. The quantitative estimate of drug-likeness (QED) is 0.324. The highest BCUT2D eigenvalue weighted by molar-refractivity contribution is 9.10. The van der Waals surface area contributed by atoms with Gasteiger partial charge in [0.05, 0.1) is 32.8 Å². The molecule has 9 heteroatoms. The fraction of sp³-hybridized carbons (Fsp3) is 0.348. The third kappa shape index (κ3) is 3.53. The van der Waals surface area contributed by atoms with Crippen molar-refractivity contribution in [3.8, 4) is 0 Å². The number of aliphatic hydroxyl groups excluding tert-OH is 2. The molecule has 3 heterocycles. The standard InChI is InChI=1S/C23H24BrN5O2S/c1-23(6-4-11-2-3-12-9-14(24)22(26)28-16(12)8-11)10-13(19(30)21(23)31)20-18-17(29-32-20)15(25)5-7-27-18/h2-3,5,7-9,13,19,21,30-31H,4,6,10,25H2,1H3,(H2,26,28)/t13-,19+,21+,23+/m1/s1. The van der Waals surface area contributed by atoms with Crippen molar-refractivity contribution in [3.63, 3.8) is 0 Å². The molecule has 1 aliphatic rings. The summed E-state index contributed by atoms with van der Waals surface area (Å²) in [4.78, 5) is 9.79. The van der Waals surface area contributed by atoms with E-state index < -0.39 is 17.6 Å². The third-order valence-corrected chi connectivity index (χ3v) is 8.35. The van der Waals surface area contributed by atoms with Gasteiger partial charge in [0.2, 0.25) is 0 Å². The Balaban J connectivity index is 1.38. The van der Waals surface area contributed by atoms with Gasteiger partial charge in [-0.2, -0.15) is 4.37 Å². The topological polar surface area (TPSA) is 131 Å². The normalized spacial score (nSPS) is 25.7. The summed E-state index contributed by atoms with van der Waals surface area (Å²) in [7, 11) is 0. The van der Waals surface area contributed by atoms with Gasteiger partial charge in [-0.05, 0) is 75.9 Å². The molecule has 1 fully saturated rings. The van der Waals surface area contributed by atoms with Crippen LogP contribution in [0.15, 0.2) is 41.0 Å². The molecule has 0 unspecified atom stereocenters. The summed E-state index contributed by atoms with van der Waals surface area (Å²) < 4.78 is 5.23. The highest BCUT2D eigenvalue weighted by Gasteiger charge is 2.50. The molecule has 4 aromatic rings. The van der Waals surface area contributed by atoms with Crippen LogP contribution in [0.3, 0.4) is 0 Å². The molecule has 3 aromatic heterocycles. The number of nitrogen functional groups attached to an aromatic ring is 2. The minimum absolute atomic E-state index is 0.227. The zero-order valence-electron chi connectivity index (χ0n) is 17.5. The molecule has 0 bridgehead atoms. The molecular weight excluding hydrogens is 490 g/mol. The number of aryl methyl sites for hydroxylation is 1. The van der Waals surface area contributed by atoms with E-state index in [2.05, 4.69) is 36.3 Å². The number of pyridine rings is 2. The number of rotatable bonds is 4. The average molecular weight is 514 g/mol. The predicted octanol–water partition coefficient (Wildman–Crippen LogP) is 4.01. The maximum absolute atomic E-state index is 11.0. The highest BCUT2D eigenvalue weighted by Crippen LogP contribution is 2.51. The van der Waals surface area contributed by atoms with Crippen molar-refractivity contribution < 1.29 is 10.2 Å². The molecule has 0 amide bonds. The maximum atomic E-state index is 11.0. The summed E-state index contributed by atoms with van der Waals surface area (Å²) in [6, 6.07) is 9.84. The summed E-state index contributed by atoms with van der Waals surface area (Å²) >= 11 is 4.73. The van der Waals surface area contributed by atoms with E-state index in [-0.39, 0.29) is 5.92 Å². The molecule has 0 saturated heterocycles. The molecule has 1 aromatic carbocycles. The molecule has 5 rings (SSSR count). The lowest BCUT2D eigenvalue weighted by atomic mass is 9.80. The molecule has 0 aliphatic heterocycles. The molecule has 166 valence electrons. The van der Waals surface area contributed by atoms with E-state index in [0.29, 0.717) is 23.4 Å². The second-order valence-corrected chi connectivity index (χ2v) is 10.6. The lowest BCUT2D eigenvalue weighted by molar-refractivity contribution is -0.0199. The lowest BCUT2D eigenvalue weighted by Gasteiger charge is -2.28. The summed E-state index contributed by atoms with van der Waals surface area (Å²) in [6.07, 6.45) is 2.08. The van der Waals surface area contributed by atoms with Crippen LogP contribution in [0, 0.1) is 5.41 Å². The van der Waals surface area contributed by atoms with Gasteiger partial charge < -0.3 is 21.7 Å². The van der Waals surface area contributed by atoms with Gasteiger partial charge in [-0.25, -0.2) is 4.98 Å². The number of nitrogens with two attached hydrogens (primary N) is 2. The van der Waals surface area contributed by atoms with Crippen molar-refractivity contribution in [2.45, 2.75) is 44.3 Å². The smallest absolute Gasteiger partial charge is 0.138 e. The first-order valence-electron chi connectivity index (χ1n) is 10.5. The largest absolute Gasteiger partial charge is 0.397 e. The van der Waals surface area contributed by atoms with Gasteiger partial charge in [0, 0.05) is 17.5 Å². The van der Waals surface area contributed by atoms with Crippen LogP contribution in [0.2, 0.25) is 0 Å². The van der Waals surface area contributed by atoms with Gasteiger partial charge >= 0.3 is 0 Å². The van der Waals surface area contributed by atoms with Crippen molar-refractivity contribution >= 4 is 60.9 Å². The first-order chi connectivity index (χ1) is 15.3. The van der Waals surface area contributed by atoms with Gasteiger partial charge in [-0.1, -0.05) is 19.1 Å². The third-order valence-electron chi connectivity index (χ3n) is 6.74. The van der Waals surface area contributed by atoms with E-state index in [1.807, 2.05) is 25.1 Å². The van der Waals surface area contributed by atoms with Crippen LogP contribution >= 0.6 is 27.5 Å². The number of hydrogen-bond donors (Lipinski definition) is 4. The number of halogens is 1. The molecule has 6 N–H and O–H groups in total. The SMILES string of the molecule is C[C@]1(CCc2ccc3cc(Br)c(N)nc3c2)C[C@@H](c2snc3c(N)ccnc23)[C@H](O)[C@@H]1O. The van der Waals surface area contributed by atoms with E-state index in [0.717, 1.165) is 44.2 Å². The van der Waals surface area contributed by atoms with Crippen LogP contribution in [0.1, 0.15) is 36.1 Å². The van der Waals surface area contributed by atoms with E-state index in [1.54, 1.807) is 12.3 Å². The summed E-state index contributed by atoms with van der Waals surface area (Å²) in [6.45, 7) is 2.04. The number of nitrogens with zero attached hydrogens (tertiary/aromatic N) is 3. The maximum Gasteiger partial charge on any atom is 0.138 e. The number of benzene rings is 1.